The smallest absolute Gasteiger partial charge is 0.405 e. The van der Waals surface area contributed by atoms with Gasteiger partial charge in [-0.05, 0) is 62.2 Å². The third-order valence-corrected chi connectivity index (χ3v) is 6.89. The molecule has 3 N–H and O–H groups in total. The Kier molecular flexibility index (Phi) is 8.77. The number of ether oxygens (including phenoxy) is 2. The lowest BCUT2D eigenvalue weighted by molar-refractivity contribution is -0.120. The zero-order valence-electron chi connectivity index (χ0n) is 20.4. The minimum atomic E-state index is -4.33. The molecule has 10 heteroatoms. The molecule has 2 heterocycles. The normalized spacial score (nSPS) is 17.8. The first kappa shape index (κ1) is 26.3. The fourth-order valence-electron chi connectivity index (χ4n) is 4.55. The first-order chi connectivity index (χ1) is 17.4. The largest absolute Gasteiger partial charge is 0.495 e. The number of anilines is 3. The van der Waals surface area contributed by atoms with E-state index in [4.69, 9.17) is 9.47 Å². The first-order valence-corrected chi connectivity index (χ1v) is 12.7. The molecule has 36 heavy (non-hydrogen) atoms. The third kappa shape index (κ3) is 6.72. The van der Waals surface area contributed by atoms with Crippen LogP contribution in [0.1, 0.15) is 18.4 Å². The van der Waals surface area contributed by atoms with Crippen LogP contribution in [0.4, 0.5) is 30.2 Å². The lowest BCUT2D eigenvalue weighted by Crippen LogP contribution is -2.39. The van der Waals surface area contributed by atoms with Crippen molar-refractivity contribution in [2.45, 2.75) is 42.4 Å². The lowest BCUT2D eigenvalue weighted by Gasteiger charge is -2.26. The Balaban J connectivity index is 1.48. The van der Waals surface area contributed by atoms with Crippen molar-refractivity contribution >= 4 is 29.0 Å². The number of benzene rings is 2. The molecule has 6 nitrogen and oxygen atoms in total. The molecule has 1 fully saturated rings. The minimum absolute atomic E-state index is 0.253. The van der Waals surface area contributed by atoms with Gasteiger partial charge in [0.1, 0.15) is 12.3 Å². The Labute approximate surface area is 214 Å². The summed E-state index contributed by atoms with van der Waals surface area (Å²) in [5.41, 5.74) is 3.14. The molecule has 1 unspecified atom stereocenters. The number of halogens is 3. The summed E-state index contributed by atoms with van der Waals surface area (Å²) in [6.45, 7) is 0.631. The van der Waals surface area contributed by atoms with E-state index in [1.807, 2.05) is 37.4 Å². The Morgan fingerprint density at radius 3 is 2.69 bits per heavy atom. The van der Waals surface area contributed by atoms with Crippen LogP contribution in [0.2, 0.25) is 0 Å². The summed E-state index contributed by atoms with van der Waals surface area (Å²) < 4.78 is 54.3. The molecular formula is C26H31F3N4O2S. The monoisotopic (exact) mass is 520 g/mol. The zero-order chi connectivity index (χ0) is 25.5. The van der Waals surface area contributed by atoms with Gasteiger partial charge in [-0.3, -0.25) is 4.72 Å². The molecule has 0 aromatic heterocycles. The molecule has 1 saturated heterocycles. The van der Waals surface area contributed by atoms with Crippen molar-refractivity contribution < 1.29 is 22.6 Å². The molecule has 1 atom stereocenters. The van der Waals surface area contributed by atoms with Gasteiger partial charge in [-0.2, -0.15) is 13.2 Å². The molecule has 0 spiro atoms. The number of nitrogens with one attached hydrogen (secondary N) is 3. The summed E-state index contributed by atoms with van der Waals surface area (Å²) in [6.07, 6.45) is -2.14. The molecule has 0 aliphatic carbocycles. The van der Waals surface area contributed by atoms with Crippen LogP contribution < -0.4 is 25.0 Å². The number of alkyl halides is 3. The zero-order valence-corrected chi connectivity index (χ0v) is 21.2. The quantitative estimate of drug-likeness (QED) is 0.337. The Morgan fingerprint density at radius 1 is 1.17 bits per heavy atom. The van der Waals surface area contributed by atoms with Crippen LogP contribution in [0.5, 0.6) is 5.75 Å². The summed E-state index contributed by atoms with van der Waals surface area (Å²) >= 11 is 1.47. The lowest BCUT2D eigenvalue weighted by atomic mass is 10.0. The predicted octanol–water partition coefficient (Wildman–Crippen LogP) is 4.92. The van der Waals surface area contributed by atoms with E-state index in [9.17, 15) is 13.2 Å². The van der Waals surface area contributed by atoms with Gasteiger partial charge in [0, 0.05) is 47.5 Å². The highest BCUT2D eigenvalue weighted by Crippen LogP contribution is 2.39. The topological polar surface area (TPSA) is 57.8 Å². The predicted molar refractivity (Wildman–Crippen MR) is 139 cm³/mol. The molecule has 0 saturated carbocycles. The van der Waals surface area contributed by atoms with Gasteiger partial charge in [-0.1, -0.05) is 17.9 Å². The molecule has 2 aromatic rings. The number of nitrogens with zero attached hydrogens (tertiary/aromatic N) is 1. The summed E-state index contributed by atoms with van der Waals surface area (Å²) in [5.74, 6) is 6.79. The van der Waals surface area contributed by atoms with Gasteiger partial charge in [-0.15, -0.1) is 0 Å². The van der Waals surface area contributed by atoms with Crippen molar-refractivity contribution in [3.8, 4) is 17.6 Å². The highest BCUT2D eigenvalue weighted by molar-refractivity contribution is 7.97. The van der Waals surface area contributed by atoms with Gasteiger partial charge in [0.15, 0.2) is 0 Å². The van der Waals surface area contributed by atoms with E-state index in [0.717, 1.165) is 34.7 Å². The fourth-order valence-corrected chi connectivity index (χ4v) is 5.09. The molecule has 2 aromatic carbocycles. The van der Waals surface area contributed by atoms with Crippen LogP contribution in [-0.4, -0.2) is 58.7 Å². The average Bonchev–Trinajstić information content (AvgIpc) is 3.20. The number of fused-ring (bicyclic) bond motifs is 1. The van der Waals surface area contributed by atoms with Crippen LogP contribution >= 0.6 is 11.9 Å². The van der Waals surface area contributed by atoms with Crippen LogP contribution in [0.15, 0.2) is 41.3 Å². The number of methoxy groups -OCH3 is 1. The first-order valence-electron chi connectivity index (χ1n) is 11.9. The van der Waals surface area contributed by atoms with E-state index in [1.165, 1.54) is 16.8 Å². The maximum Gasteiger partial charge on any atom is 0.405 e. The average molecular weight is 521 g/mol. The van der Waals surface area contributed by atoms with E-state index in [2.05, 4.69) is 27.2 Å². The van der Waals surface area contributed by atoms with Crippen LogP contribution in [0.25, 0.3) is 0 Å². The molecule has 2 aliphatic rings. The number of hydrogen-bond acceptors (Lipinski definition) is 7. The molecule has 0 amide bonds. The van der Waals surface area contributed by atoms with Gasteiger partial charge in [-0.25, -0.2) is 0 Å². The maximum absolute atomic E-state index is 13.5. The van der Waals surface area contributed by atoms with Gasteiger partial charge in [0.2, 0.25) is 0 Å². The van der Waals surface area contributed by atoms with Crippen LogP contribution in [0, 0.1) is 11.8 Å². The molecule has 2 aliphatic heterocycles. The van der Waals surface area contributed by atoms with E-state index in [1.54, 1.807) is 13.2 Å². The second-order valence-electron chi connectivity index (χ2n) is 8.64. The Bertz CT molecular complexity index is 1100. The van der Waals surface area contributed by atoms with Crippen molar-refractivity contribution in [1.82, 2.24) is 4.72 Å². The molecule has 194 valence electrons. The van der Waals surface area contributed by atoms with E-state index < -0.39 is 18.8 Å². The number of hydrogen-bond donors (Lipinski definition) is 3. The standard InChI is InChI=1S/C26H31F3N4O2S/c1-30-36-20-8-9-23(25(16-20)34-2)31-12-4-5-19-15-21-22(32-18-10-13-35-14-11-18)6-3-7-24(21)33(19)17-26(27,28)29/h3,6-9,16,18-19,30-32H,10-15,17H2,1-2H3. The van der Waals surface area contributed by atoms with Gasteiger partial charge in [0.05, 0.1) is 25.4 Å². The third-order valence-electron chi connectivity index (χ3n) is 6.19. The van der Waals surface area contributed by atoms with Crippen LogP contribution in [-0.2, 0) is 11.2 Å². The van der Waals surface area contributed by atoms with E-state index >= 15 is 0 Å². The SMILES string of the molecule is CNSc1ccc(NCC#CC2Cc3c(NC4CCOCC4)cccc3N2CC(F)(F)F)c(OC)c1. The molecule has 0 radical (unpaired) electrons. The van der Waals surface area contributed by atoms with E-state index in [-0.39, 0.29) is 12.6 Å². The Hall–Kier alpha value is -2.74. The highest BCUT2D eigenvalue weighted by Gasteiger charge is 2.38. The summed E-state index contributed by atoms with van der Waals surface area (Å²) in [7, 11) is 3.43. The molecule has 0 bridgehead atoms. The second kappa shape index (κ2) is 12.0. The van der Waals surface area contributed by atoms with Crippen LogP contribution in [0.3, 0.4) is 0 Å². The van der Waals surface area contributed by atoms with Crippen molar-refractivity contribution in [2.24, 2.45) is 0 Å². The van der Waals surface area contributed by atoms with Gasteiger partial charge in [0.25, 0.3) is 0 Å². The van der Waals surface area contributed by atoms with Crippen molar-refractivity contribution in [3.63, 3.8) is 0 Å². The van der Waals surface area contributed by atoms with Gasteiger partial charge < -0.3 is 25.0 Å². The van der Waals surface area contributed by atoms with Crippen molar-refractivity contribution in [3.05, 3.63) is 42.0 Å². The summed E-state index contributed by atoms with van der Waals surface area (Å²) in [5, 5.41) is 6.75. The second-order valence-corrected chi connectivity index (χ2v) is 9.72. The molecule has 4 rings (SSSR count). The number of rotatable bonds is 8. The van der Waals surface area contributed by atoms with Crippen molar-refractivity contribution in [2.75, 3.05) is 56.0 Å². The van der Waals surface area contributed by atoms with Crippen molar-refractivity contribution in [1.29, 1.82) is 0 Å². The molecular weight excluding hydrogens is 489 g/mol. The minimum Gasteiger partial charge on any atom is -0.495 e. The maximum atomic E-state index is 13.5. The Morgan fingerprint density at radius 2 is 1.97 bits per heavy atom. The highest BCUT2D eigenvalue weighted by atomic mass is 32.2. The van der Waals surface area contributed by atoms with Gasteiger partial charge >= 0.3 is 6.18 Å². The van der Waals surface area contributed by atoms with E-state index in [0.29, 0.717) is 31.1 Å². The summed E-state index contributed by atoms with van der Waals surface area (Å²) in [4.78, 5) is 2.38. The fraction of sp³-hybridized carbons (Fsp3) is 0.462. The summed E-state index contributed by atoms with van der Waals surface area (Å²) in [6, 6.07) is 11.0.